The summed E-state index contributed by atoms with van der Waals surface area (Å²) in [5.41, 5.74) is 1.20. The molecule has 4 heteroatoms. The number of thioether (sulfide) groups is 1. The lowest BCUT2D eigenvalue weighted by molar-refractivity contribution is 0.0692. The molecule has 1 aromatic heterocycles. The van der Waals surface area contributed by atoms with E-state index < -0.39 is 5.97 Å². The minimum absolute atomic E-state index is 0.333. The van der Waals surface area contributed by atoms with Crippen LogP contribution in [-0.4, -0.2) is 21.3 Å². The molecule has 1 aliphatic carbocycles. The molecule has 1 aliphatic rings. The van der Waals surface area contributed by atoms with E-state index in [0.29, 0.717) is 15.8 Å². The highest BCUT2D eigenvalue weighted by Gasteiger charge is 2.20. The lowest BCUT2D eigenvalue weighted by Crippen LogP contribution is -2.10. The monoisotopic (exact) mass is 287 g/mol. The SMILES string of the molecule is O=C(O)c1cc2ccccc2nc1SC1CCCCC1. The summed E-state index contributed by atoms with van der Waals surface area (Å²) in [6, 6.07) is 9.43. The van der Waals surface area contributed by atoms with Crippen LogP contribution < -0.4 is 0 Å². The zero-order valence-electron chi connectivity index (χ0n) is 11.2. The Kier molecular flexibility index (Phi) is 3.92. The van der Waals surface area contributed by atoms with Gasteiger partial charge in [0.25, 0.3) is 0 Å². The summed E-state index contributed by atoms with van der Waals surface area (Å²) < 4.78 is 0. The number of hydrogen-bond donors (Lipinski definition) is 1. The molecule has 0 amide bonds. The topological polar surface area (TPSA) is 50.2 Å². The first-order chi connectivity index (χ1) is 9.74. The molecule has 0 saturated heterocycles. The number of para-hydroxylation sites is 1. The van der Waals surface area contributed by atoms with Crippen LogP contribution in [-0.2, 0) is 0 Å². The number of carboxylic acids is 1. The van der Waals surface area contributed by atoms with Gasteiger partial charge in [-0.3, -0.25) is 0 Å². The molecule has 0 radical (unpaired) electrons. The summed E-state index contributed by atoms with van der Waals surface area (Å²) in [5, 5.41) is 11.5. The Hall–Kier alpha value is -1.55. The van der Waals surface area contributed by atoms with Crippen LogP contribution in [0.5, 0.6) is 0 Å². The molecular weight excluding hydrogens is 270 g/mol. The lowest BCUT2D eigenvalue weighted by Gasteiger charge is -2.21. The Morgan fingerprint density at radius 3 is 2.70 bits per heavy atom. The molecule has 0 spiro atoms. The van der Waals surface area contributed by atoms with E-state index in [9.17, 15) is 9.90 Å². The van der Waals surface area contributed by atoms with Crippen molar-refractivity contribution in [1.82, 2.24) is 4.98 Å². The van der Waals surface area contributed by atoms with E-state index in [1.54, 1.807) is 17.8 Å². The maximum atomic E-state index is 11.5. The van der Waals surface area contributed by atoms with Gasteiger partial charge < -0.3 is 5.11 Å². The number of benzene rings is 1. The number of nitrogens with zero attached hydrogens (tertiary/aromatic N) is 1. The maximum Gasteiger partial charge on any atom is 0.338 e. The van der Waals surface area contributed by atoms with Gasteiger partial charge in [0, 0.05) is 10.6 Å². The highest BCUT2D eigenvalue weighted by Crippen LogP contribution is 2.35. The third kappa shape index (κ3) is 2.80. The molecule has 1 N–H and O–H groups in total. The maximum absolute atomic E-state index is 11.5. The summed E-state index contributed by atoms with van der Waals surface area (Å²) in [5.74, 6) is -0.887. The number of pyridine rings is 1. The first kappa shape index (κ1) is 13.4. The van der Waals surface area contributed by atoms with Crippen molar-refractivity contribution >= 4 is 28.6 Å². The van der Waals surface area contributed by atoms with Crippen LogP contribution in [0.1, 0.15) is 42.5 Å². The number of carbonyl (C=O) groups is 1. The summed E-state index contributed by atoms with van der Waals surface area (Å²) in [7, 11) is 0. The normalized spacial score (nSPS) is 16.4. The predicted octanol–water partition coefficient (Wildman–Crippen LogP) is 4.36. The van der Waals surface area contributed by atoms with Crippen LogP contribution in [0.15, 0.2) is 35.4 Å². The van der Waals surface area contributed by atoms with Gasteiger partial charge in [-0.15, -0.1) is 11.8 Å². The van der Waals surface area contributed by atoms with Gasteiger partial charge in [0.1, 0.15) is 5.03 Å². The van der Waals surface area contributed by atoms with Gasteiger partial charge in [-0.25, -0.2) is 9.78 Å². The Morgan fingerprint density at radius 2 is 1.95 bits per heavy atom. The van der Waals surface area contributed by atoms with Crippen LogP contribution in [0.4, 0.5) is 0 Å². The fourth-order valence-electron chi connectivity index (χ4n) is 2.68. The van der Waals surface area contributed by atoms with Crippen LogP contribution in [0, 0.1) is 0 Å². The lowest BCUT2D eigenvalue weighted by atomic mass is 10.0. The zero-order valence-corrected chi connectivity index (χ0v) is 12.0. The number of carboxylic acid groups (broad SMARTS) is 1. The Morgan fingerprint density at radius 1 is 1.20 bits per heavy atom. The molecular formula is C16H17NO2S. The van der Waals surface area contributed by atoms with Crippen molar-refractivity contribution < 1.29 is 9.90 Å². The number of rotatable bonds is 3. The van der Waals surface area contributed by atoms with Gasteiger partial charge in [0.15, 0.2) is 0 Å². The van der Waals surface area contributed by atoms with Gasteiger partial charge >= 0.3 is 5.97 Å². The highest BCUT2D eigenvalue weighted by atomic mass is 32.2. The van der Waals surface area contributed by atoms with Gasteiger partial charge in [0.2, 0.25) is 0 Å². The predicted molar refractivity (Wildman–Crippen MR) is 81.4 cm³/mol. The second-order valence-corrected chi connectivity index (χ2v) is 6.51. The molecule has 3 rings (SSSR count). The van der Waals surface area contributed by atoms with Crippen molar-refractivity contribution in [3.8, 4) is 0 Å². The Labute approximate surface area is 122 Å². The first-order valence-corrected chi connectivity index (χ1v) is 7.92. The number of aromatic nitrogens is 1. The summed E-state index contributed by atoms with van der Waals surface area (Å²) in [6.07, 6.45) is 6.12. The smallest absolute Gasteiger partial charge is 0.338 e. The number of fused-ring (bicyclic) bond motifs is 1. The quantitative estimate of drug-likeness (QED) is 0.911. The van der Waals surface area contributed by atoms with Crippen LogP contribution in [0.3, 0.4) is 0 Å². The van der Waals surface area contributed by atoms with Crippen molar-refractivity contribution in [2.75, 3.05) is 0 Å². The van der Waals surface area contributed by atoms with E-state index >= 15 is 0 Å². The molecule has 3 nitrogen and oxygen atoms in total. The fraction of sp³-hybridized carbons (Fsp3) is 0.375. The molecule has 104 valence electrons. The molecule has 2 aromatic rings. The summed E-state index contributed by atoms with van der Waals surface area (Å²) >= 11 is 1.64. The highest BCUT2D eigenvalue weighted by molar-refractivity contribution is 7.99. The van der Waals surface area contributed by atoms with Gasteiger partial charge in [0.05, 0.1) is 11.1 Å². The molecule has 0 bridgehead atoms. The van der Waals surface area contributed by atoms with E-state index in [1.165, 1.54) is 19.3 Å². The van der Waals surface area contributed by atoms with Crippen molar-refractivity contribution in [3.05, 3.63) is 35.9 Å². The largest absolute Gasteiger partial charge is 0.478 e. The van der Waals surface area contributed by atoms with E-state index in [2.05, 4.69) is 4.98 Å². The molecule has 1 aromatic carbocycles. The van der Waals surface area contributed by atoms with Crippen molar-refractivity contribution in [2.45, 2.75) is 42.4 Å². The number of aromatic carboxylic acids is 1. The van der Waals surface area contributed by atoms with Gasteiger partial charge in [-0.1, -0.05) is 37.5 Å². The number of hydrogen-bond acceptors (Lipinski definition) is 3. The van der Waals surface area contributed by atoms with Crippen LogP contribution >= 0.6 is 11.8 Å². The Balaban J connectivity index is 1.98. The fourth-order valence-corrected chi connectivity index (χ4v) is 3.99. The van der Waals surface area contributed by atoms with Gasteiger partial charge in [-0.05, 0) is 25.0 Å². The van der Waals surface area contributed by atoms with E-state index in [4.69, 9.17) is 0 Å². The molecule has 0 unspecified atom stereocenters. The van der Waals surface area contributed by atoms with Crippen LogP contribution in [0.2, 0.25) is 0 Å². The average molecular weight is 287 g/mol. The minimum Gasteiger partial charge on any atom is -0.478 e. The standard InChI is InChI=1S/C16H17NO2S/c18-16(19)13-10-11-6-4-5-9-14(11)17-15(13)20-12-7-2-1-3-8-12/h4-6,9-10,12H,1-3,7-8H2,(H,18,19). The third-order valence-corrected chi connectivity index (χ3v) is 5.09. The molecule has 0 atom stereocenters. The minimum atomic E-state index is -0.887. The summed E-state index contributed by atoms with van der Waals surface area (Å²) in [4.78, 5) is 16.0. The van der Waals surface area contributed by atoms with Crippen molar-refractivity contribution in [2.24, 2.45) is 0 Å². The second kappa shape index (κ2) is 5.83. The Bertz CT molecular complexity index is 635. The van der Waals surface area contributed by atoms with E-state index in [0.717, 1.165) is 23.7 Å². The molecule has 1 heterocycles. The van der Waals surface area contributed by atoms with E-state index in [-0.39, 0.29) is 0 Å². The van der Waals surface area contributed by atoms with Gasteiger partial charge in [-0.2, -0.15) is 0 Å². The molecule has 0 aliphatic heterocycles. The van der Waals surface area contributed by atoms with Crippen molar-refractivity contribution in [3.63, 3.8) is 0 Å². The molecule has 1 fully saturated rings. The zero-order chi connectivity index (χ0) is 13.9. The first-order valence-electron chi connectivity index (χ1n) is 7.04. The summed E-state index contributed by atoms with van der Waals surface area (Å²) in [6.45, 7) is 0. The van der Waals surface area contributed by atoms with Crippen molar-refractivity contribution in [1.29, 1.82) is 0 Å². The average Bonchev–Trinajstić information content (AvgIpc) is 2.47. The van der Waals surface area contributed by atoms with E-state index in [1.807, 2.05) is 24.3 Å². The molecule has 1 saturated carbocycles. The second-order valence-electron chi connectivity index (χ2n) is 5.22. The van der Waals surface area contributed by atoms with Crippen LogP contribution in [0.25, 0.3) is 10.9 Å². The third-order valence-electron chi connectivity index (χ3n) is 3.75. The molecule has 20 heavy (non-hydrogen) atoms.